The maximum absolute atomic E-state index is 5.64. The minimum absolute atomic E-state index is 0.664. The van der Waals surface area contributed by atoms with Crippen LogP contribution in [0.25, 0.3) is 0 Å². The third kappa shape index (κ3) is 5.87. The Morgan fingerprint density at radius 1 is 1.00 bits per heavy atom. The molecule has 122 valence electrons. The summed E-state index contributed by atoms with van der Waals surface area (Å²) in [7, 11) is 0. The summed E-state index contributed by atoms with van der Waals surface area (Å²) in [5, 5.41) is 0. The fourth-order valence-electron chi connectivity index (χ4n) is 3.58. The SMILES string of the molecule is C/C=C/COc1ccc(CC[C@H]2CC[C@H](CCC)CC2)cc1. The van der Waals surface area contributed by atoms with Gasteiger partial charge >= 0.3 is 0 Å². The van der Waals surface area contributed by atoms with Gasteiger partial charge in [-0.05, 0) is 49.3 Å². The molecule has 1 saturated carbocycles. The number of hydrogen-bond donors (Lipinski definition) is 0. The molecule has 0 unspecified atom stereocenters. The van der Waals surface area contributed by atoms with Crippen LogP contribution in [-0.4, -0.2) is 6.61 Å². The van der Waals surface area contributed by atoms with Crippen LogP contribution in [0, 0.1) is 11.8 Å². The van der Waals surface area contributed by atoms with Gasteiger partial charge in [0, 0.05) is 0 Å². The Labute approximate surface area is 136 Å². The zero-order valence-electron chi connectivity index (χ0n) is 14.4. The molecule has 1 aliphatic carbocycles. The van der Waals surface area contributed by atoms with E-state index in [2.05, 4.69) is 31.2 Å². The Morgan fingerprint density at radius 2 is 1.64 bits per heavy atom. The van der Waals surface area contributed by atoms with Crippen LogP contribution in [0.5, 0.6) is 5.75 Å². The van der Waals surface area contributed by atoms with Crippen molar-refractivity contribution in [2.75, 3.05) is 6.61 Å². The van der Waals surface area contributed by atoms with Gasteiger partial charge in [-0.3, -0.25) is 0 Å². The van der Waals surface area contributed by atoms with Gasteiger partial charge in [-0.25, -0.2) is 0 Å². The molecule has 0 atom stereocenters. The second-order valence-electron chi connectivity index (χ2n) is 6.74. The highest BCUT2D eigenvalue weighted by Crippen LogP contribution is 2.33. The molecule has 1 fully saturated rings. The van der Waals surface area contributed by atoms with E-state index in [9.17, 15) is 0 Å². The standard InChI is InChI=1S/C21H32O/c1-3-5-17-22-21-15-13-20(14-16-21)12-11-19-9-7-18(6-4-2)8-10-19/h3,5,13-16,18-19H,4,6-12,17H2,1-2H3/b5-3+/t18-,19-. The average Bonchev–Trinajstić information content (AvgIpc) is 2.56. The predicted molar refractivity (Wildman–Crippen MR) is 95.4 cm³/mol. The topological polar surface area (TPSA) is 9.23 Å². The molecule has 1 nitrogen and oxygen atoms in total. The summed E-state index contributed by atoms with van der Waals surface area (Å²) >= 11 is 0. The third-order valence-electron chi connectivity index (χ3n) is 5.01. The van der Waals surface area contributed by atoms with Crippen molar-refractivity contribution in [2.24, 2.45) is 11.8 Å². The van der Waals surface area contributed by atoms with Crippen molar-refractivity contribution in [1.29, 1.82) is 0 Å². The molecular formula is C21H32O. The molecule has 2 rings (SSSR count). The number of rotatable bonds is 8. The molecule has 0 amide bonds. The highest BCUT2D eigenvalue weighted by molar-refractivity contribution is 5.27. The summed E-state index contributed by atoms with van der Waals surface area (Å²) in [5.41, 5.74) is 1.45. The molecule has 1 aromatic rings. The van der Waals surface area contributed by atoms with E-state index in [1.165, 1.54) is 56.9 Å². The van der Waals surface area contributed by atoms with Crippen molar-refractivity contribution in [3.63, 3.8) is 0 Å². The number of hydrogen-bond acceptors (Lipinski definition) is 1. The van der Waals surface area contributed by atoms with Gasteiger partial charge in [0.25, 0.3) is 0 Å². The van der Waals surface area contributed by atoms with Crippen molar-refractivity contribution >= 4 is 0 Å². The first-order valence-corrected chi connectivity index (χ1v) is 9.14. The van der Waals surface area contributed by atoms with Crippen LogP contribution in [-0.2, 0) is 6.42 Å². The molecule has 0 heterocycles. The van der Waals surface area contributed by atoms with E-state index in [-0.39, 0.29) is 0 Å². The van der Waals surface area contributed by atoms with E-state index in [4.69, 9.17) is 4.74 Å². The van der Waals surface area contributed by atoms with Gasteiger partial charge in [0.15, 0.2) is 0 Å². The van der Waals surface area contributed by atoms with Crippen LogP contribution in [0.2, 0.25) is 0 Å². The minimum atomic E-state index is 0.664. The normalized spacial score (nSPS) is 22.1. The minimum Gasteiger partial charge on any atom is -0.490 e. The van der Waals surface area contributed by atoms with Crippen LogP contribution >= 0.6 is 0 Å². The second kappa shape index (κ2) is 9.71. The Kier molecular flexibility index (Phi) is 7.56. The highest BCUT2D eigenvalue weighted by atomic mass is 16.5. The Bertz CT molecular complexity index is 424. The quantitative estimate of drug-likeness (QED) is 0.521. The molecule has 0 aliphatic heterocycles. The molecule has 0 N–H and O–H groups in total. The molecule has 0 radical (unpaired) electrons. The van der Waals surface area contributed by atoms with Crippen LogP contribution in [0.3, 0.4) is 0 Å². The Balaban J connectivity index is 1.69. The van der Waals surface area contributed by atoms with E-state index in [0.29, 0.717) is 6.61 Å². The second-order valence-corrected chi connectivity index (χ2v) is 6.74. The Morgan fingerprint density at radius 3 is 2.23 bits per heavy atom. The van der Waals surface area contributed by atoms with Crippen molar-refractivity contribution in [2.45, 2.75) is 65.2 Å². The summed E-state index contributed by atoms with van der Waals surface area (Å²) in [6, 6.07) is 8.68. The van der Waals surface area contributed by atoms with Gasteiger partial charge in [0.2, 0.25) is 0 Å². The lowest BCUT2D eigenvalue weighted by atomic mass is 9.78. The van der Waals surface area contributed by atoms with Crippen LogP contribution < -0.4 is 4.74 Å². The monoisotopic (exact) mass is 300 g/mol. The number of ether oxygens (including phenoxy) is 1. The molecule has 0 spiro atoms. The summed E-state index contributed by atoms with van der Waals surface area (Å²) in [5.74, 6) is 2.95. The van der Waals surface area contributed by atoms with Crippen LogP contribution in [0.4, 0.5) is 0 Å². The lowest BCUT2D eigenvalue weighted by molar-refractivity contribution is 0.252. The largest absolute Gasteiger partial charge is 0.490 e. The highest BCUT2D eigenvalue weighted by Gasteiger charge is 2.20. The summed E-state index contributed by atoms with van der Waals surface area (Å²) in [4.78, 5) is 0. The van der Waals surface area contributed by atoms with Gasteiger partial charge in [0.1, 0.15) is 12.4 Å². The van der Waals surface area contributed by atoms with Crippen molar-refractivity contribution < 1.29 is 4.74 Å². The maximum Gasteiger partial charge on any atom is 0.119 e. The van der Waals surface area contributed by atoms with Crippen molar-refractivity contribution in [1.82, 2.24) is 0 Å². The van der Waals surface area contributed by atoms with E-state index < -0.39 is 0 Å². The predicted octanol–water partition coefficient (Wildman–Crippen LogP) is 6.18. The molecule has 1 aromatic carbocycles. The van der Waals surface area contributed by atoms with E-state index in [0.717, 1.165) is 17.6 Å². The zero-order valence-corrected chi connectivity index (χ0v) is 14.4. The van der Waals surface area contributed by atoms with Gasteiger partial charge in [-0.15, -0.1) is 0 Å². The average molecular weight is 300 g/mol. The van der Waals surface area contributed by atoms with Crippen molar-refractivity contribution in [3.05, 3.63) is 42.0 Å². The number of allylic oxidation sites excluding steroid dienone is 1. The first-order chi connectivity index (χ1) is 10.8. The fourth-order valence-corrected chi connectivity index (χ4v) is 3.58. The summed E-state index contributed by atoms with van der Waals surface area (Å²) in [6.07, 6.45) is 15.3. The number of aryl methyl sites for hydroxylation is 1. The van der Waals surface area contributed by atoms with Gasteiger partial charge in [0.05, 0.1) is 0 Å². The van der Waals surface area contributed by atoms with E-state index in [1.807, 2.05) is 19.1 Å². The molecule has 0 aromatic heterocycles. The molecular weight excluding hydrogens is 268 g/mol. The first-order valence-electron chi connectivity index (χ1n) is 9.14. The van der Waals surface area contributed by atoms with Gasteiger partial charge < -0.3 is 4.74 Å². The fraction of sp³-hybridized carbons (Fsp3) is 0.619. The molecule has 1 aliphatic rings. The number of benzene rings is 1. The zero-order chi connectivity index (χ0) is 15.6. The summed E-state index contributed by atoms with van der Waals surface area (Å²) < 4.78 is 5.64. The molecule has 1 heteroatoms. The third-order valence-corrected chi connectivity index (χ3v) is 5.01. The summed E-state index contributed by atoms with van der Waals surface area (Å²) in [6.45, 7) is 5.00. The molecule has 0 saturated heterocycles. The lowest BCUT2D eigenvalue weighted by Crippen LogP contribution is -2.15. The van der Waals surface area contributed by atoms with Crippen molar-refractivity contribution in [3.8, 4) is 5.75 Å². The lowest BCUT2D eigenvalue weighted by Gasteiger charge is -2.28. The van der Waals surface area contributed by atoms with E-state index in [1.54, 1.807) is 0 Å². The maximum atomic E-state index is 5.64. The first kappa shape index (κ1) is 17.1. The van der Waals surface area contributed by atoms with E-state index >= 15 is 0 Å². The van der Waals surface area contributed by atoms with Crippen LogP contribution in [0.1, 0.15) is 64.4 Å². The molecule has 22 heavy (non-hydrogen) atoms. The Hall–Kier alpha value is -1.24. The smallest absolute Gasteiger partial charge is 0.119 e. The van der Waals surface area contributed by atoms with Crippen LogP contribution in [0.15, 0.2) is 36.4 Å². The molecule has 0 bridgehead atoms. The van der Waals surface area contributed by atoms with Gasteiger partial charge in [-0.1, -0.05) is 69.7 Å². The van der Waals surface area contributed by atoms with Gasteiger partial charge in [-0.2, -0.15) is 0 Å².